The summed E-state index contributed by atoms with van der Waals surface area (Å²) in [6.45, 7) is 2.90. The molecule has 3 rings (SSSR count). The van der Waals surface area contributed by atoms with E-state index in [9.17, 15) is 0 Å². The Morgan fingerprint density at radius 1 is 1.04 bits per heavy atom. The highest BCUT2D eigenvalue weighted by atomic mass is 16.5. The topological polar surface area (TPSA) is 24.5 Å². The average Bonchev–Trinajstić information content (AvgIpc) is 2.63. The summed E-state index contributed by atoms with van der Waals surface area (Å²) in [5.74, 6) is 0. The van der Waals surface area contributed by atoms with E-state index in [0.29, 0.717) is 0 Å². The van der Waals surface area contributed by atoms with Gasteiger partial charge < -0.3 is 10.1 Å². The number of hydrogen-bond donors (Lipinski definition) is 1. The van der Waals surface area contributed by atoms with Gasteiger partial charge >= 0.3 is 0 Å². The molecule has 1 fully saturated rings. The second-order valence-electron chi connectivity index (χ2n) is 6.32. The van der Waals surface area contributed by atoms with Crippen molar-refractivity contribution in [2.45, 2.75) is 24.9 Å². The van der Waals surface area contributed by atoms with E-state index in [-0.39, 0.29) is 12.1 Å². The minimum absolute atomic E-state index is 0.178. The zero-order valence-electron chi connectivity index (χ0n) is 16.4. The van der Waals surface area contributed by atoms with Crippen LogP contribution in [0, 0.1) is 0 Å². The van der Waals surface area contributed by atoms with Crippen LogP contribution < -0.4 is 5.32 Å². The van der Waals surface area contributed by atoms with Crippen molar-refractivity contribution in [3.05, 3.63) is 66.2 Å². The predicted octanol–water partition coefficient (Wildman–Crippen LogP) is 3.78. The van der Waals surface area contributed by atoms with Gasteiger partial charge in [0.1, 0.15) is 0 Å². The smallest absolute Gasteiger partial charge is 0.0693 e. The normalized spacial score (nSPS) is 20.3. The lowest BCUT2D eigenvalue weighted by Crippen LogP contribution is -2.51. The van der Waals surface area contributed by atoms with Gasteiger partial charge in [0.25, 0.3) is 0 Å². The Labute approximate surface area is 143 Å². The van der Waals surface area contributed by atoms with E-state index in [1.54, 1.807) is 0 Å². The average molecular weight is 313 g/mol. The number of para-hydroxylation sites is 1. The molecular formula is C20H26N2O. The summed E-state index contributed by atoms with van der Waals surface area (Å²) in [6, 6.07) is 20.4. The standard InChI is InChI=1S/C20H26N2O/c1-23-17-20(21-19-10-6-3-7-11-19)12-14-22(15-13-20)16-18-8-4-2-5-9-18/h2-11,21H,12-17H2,1H3/i1D3. The molecule has 23 heavy (non-hydrogen) atoms. The number of rotatable bonds is 6. The van der Waals surface area contributed by atoms with Crippen LogP contribution in [0.5, 0.6) is 0 Å². The molecule has 1 saturated heterocycles. The van der Waals surface area contributed by atoms with Gasteiger partial charge in [0, 0.05) is 32.4 Å². The third-order valence-corrected chi connectivity index (χ3v) is 4.59. The van der Waals surface area contributed by atoms with E-state index in [2.05, 4.69) is 34.5 Å². The molecule has 0 amide bonds. The van der Waals surface area contributed by atoms with Gasteiger partial charge in [-0.2, -0.15) is 0 Å². The number of likely N-dealkylation sites (tertiary alicyclic amines) is 1. The van der Waals surface area contributed by atoms with Crippen molar-refractivity contribution in [2.24, 2.45) is 0 Å². The quantitative estimate of drug-likeness (QED) is 0.878. The molecule has 0 spiro atoms. The van der Waals surface area contributed by atoms with E-state index in [1.165, 1.54) is 5.56 Å². The second kappa shape index (κ2) is 7.62. The summed E-state index contributed by atoms with van der Waals surface area (Å²) < 4.78 is 27.4. The van der Waals surface area contributed by atoms with Crippen molar-refractivity contribution >= 4 is 5.69 Å². The van der Waals surface area contributed by atoms with Crippen molar-refractivity contribution in [1.82, 2.24) is 4.90 Å². The van der Waals surface area contributed by atoms with Crippen LogP contribution in [-0.2, 0) is 11.3 Å². The van der Waals surface area contributed by atoms with Gasteiger partial charge in [-0.3, -0.25) is 4.90 Å². The molecule has 2 aromatic rings. The lowest BCUT2D eigenvalue weighted by atomic mass is 9.87. The number of ether oxygens (including phenoxy) is 1. The Bertz CT molecular complexity index is 668. The first kappa shape index (κ1) is 12.6. The first-order chi connectivity index (χ1) is 12.4. The Balaban J connectivity index is 1.65. The van der Waals surface area contributed by atoms with Crippen LogP contribution in [0.25, 0.3) is 0 Å². The molecule has 1 heterocycles. The molecule has 0 radical (unpaired) electrons. The summed E-state index contributed by atoms with van der Waals surface area (Å²) in [6.07, 6.45) is 1.68. The SMILES string of the molecule is [2H]C([2H])([2H])OCC1(Nc2ccccc2)CCN(Cc2ccccc2)CC1. The first-order valence-electron chi connectivity index (χ1n) is 9.68. The molecular weight excluding hydrogens is 284 g/mol. The van der Waals surface area contributed by atoms with Gasteiger partial charge in [-0.25, -0.2) is 0 Å². The van der Waals surface area contributed by atoms with Crippen molar-refractivity contribution in [1.29, 1.82) is 0 Å². The summed E-state index contributed by atoms with van der Waals surface area (Å²) in [4.78, 5) is 2.41. The molecule has 3 heteroatoms. The number of piperidine rings is 1. The van der Waals surface area contributed by atoms with Gasteiger partial charge in [-0.05, 0) is 30.5 Å². The van der Waals surface area contributed by atoms with Crippen LogP contribution in [0.15, 0.2) is 60.7 Å². The van der Waals surface area contributed by atoms with Crippen LogP contribution >= 0.6 is 0 Å². The van der Waals surface area contributed by atoms with E-state index in [1.807, 2.05) is 36.4 Å². The minimum Gasteiger partial charge on any atom is -0.382 e. The molecule has 1 N–H and O–H groups in total. The van der Waals surface area contributed by atoms with Crippen LogP contribution in [0.4, 0.5) is 5.69 Å². The fraction of sp³-hybridized carbons (Fsp3) is 0.400. The number of nitrogens with zero attached hydrogens (tertiary/aromatic N) is 1. The lowest BCUT2D eigenvalue weighted by Gasteiger charge is -2.42. The molecule has 0 bridgehead atoms. The number of methoxy groups -OCH3 is 1. The Morgan fingerprint density at radius 2 is 1.70 bits per heavy atom. The van der Waals surface area contributed by atoms with E-state index < -0.39 is 7.04 Å². The van der Waals surface area contributed by atoms with Gasteiger partial charge in [0.05, 0.1) is 16.3 Å². The van der Waals surface area contributed by atoms with Crippen molar-refractivity contribution < 1.29 is 8.85 Å². The molecule has 0 aliphatic carbocycles. The summed E-state index contributed by atoms with van der Waals surface area (Å²) >= 11 is 0. The molecule has 2 aromatic carbocycles. The van der Waals surface area contributed by atoms with Crippen LogP contribution in [0.1, 0.15) is 22.5 Å². The van der Waals surface area contributed by atoms with Gasteiger partial charge in [0.2, 0.25) is 0 Å². The number of anilines is 1. The summed E-state index contributed by atoms with van der Waals surface area (Å²) in [5, 5.41) is 3.55. The summed E-state index contributed by atoms with van der Waals surface area (Å²) in [7, 11) is -2.37. The molecule has 0 unspecified atom stereocenters. The zero-order valence-corrected chi connectivity index (χ0v) is 13.4. The zero-order chi connectivity index (χ0) is 18.5. The maximum atomic E-state index is 7.38. The highest BCUT2D eigenvalue weighted by molar-refractivity contribution is 5.45. The van der Waals surface area contributed by atoms with Crippen LogP contribution in [0.3, 0.4) is 0 Å². The lowest BCUT2D eigenvalue weighted by molar-refractivity contribution is 0.0860. The fourth-order valence-electron chi connectivity index (χ4n) is 3.25. The van der Waals surface area contributed by atoms with Gasteiger partial charge in [-0.1, -0.05) is 48.5 Å². The molecule has 122 valence electrons. The summed E-state index contributed by atoms with van der Waals surface area (Å²) in [5.41, 5.74) is 1.94. The number of nitrogens with one attached hydrogen (secondary N) is 1. The molecule has 0 saturated carbocycles. The van der Waals surface area contributed by atoms with Crippen molar-refractivity contribution in [3.63, 3.8) is 0 Å². The largest absolute Gasteiger partial charge is 0.382 e. The molecule has 0 atom stereocenters. The highest BCUT2D eigenvalue weighted by Gasteiger charge is 2.34. The van der Waals surface area contributed by atoms with Crippen LogP contribution in [-0.4, -0.2) is 37.2 Å². The number of benzene rings is 2. The Kier molecular flexibility index (Phi) is 4.16. The Morgan fingerprint density at radius 3 is 2.35 bits per heavy atom. The number of hydrogen-bond acceptors (Lipinski definition) is 3. The Hall–Kier alpha value is -1.84. The fourth-order valence-corrected chi connectivity index (χ4v) is 3.25. The monoisotopic (exact) mass is 313 g/mol. The second-order valence-corrected chi connectivity index (χ2v) is 6.32. The molecule has 1 aliphatic rings. The van der Waals surface area contributed by atoms with Crippen molar-refractivity contribution in [3.8, 4) is 0 Å². The van der Waals surface area contributed by atoms with Crippen molar-refractivity contribution in [2.75, 3.05) is 32.1 Å². The van der Waals surface area contributed by atoms with Crippen LogP contribution in [0.2, 0.25) is 0 Å². The molecule has 1 aliphatic heterocycles. The maximum absolute atomic E-state index is 7.38. The van der Waals surface area contributed by atoms with E-state index in [4.69, 9.17) is 8.85 Å². The van der Waals surface area contributed by atoms with Gasteiger partial charge in [-0.15, -0.1) is 0 Å². The third kappa shape index (κ3) is 4.34. The first-order valence-corrected chi connectivity index (χ1v) is 8.18. The predicted molar refractivity (Wildman–Crippen MR) is 95.6 cm³/mol. The maximum Gasteiger partial charge on any atom is 0.0693 e. The molecule has 0 aromatic heterocycles. The van der Waals surface area contributed by atoms with E-state index >= 15 is 0 Å². The van der Waals surface area contributed by atoms with Gasteiger partial charge in [0.15, 0.2) is 0 Å². The molecule has 3 nitrogen and oxygen atoms in total. The minimum atomic E-state index is -2.37. The highest BCUT2D eigenvalue weighted by Crippen LogP contribution is 2.28. The van der Waals surface area contributed by atoms with E-state index in [0.717, 1.165) is 38.2 Å². The third-order valence-electron chi connectivity index (χ3n) is 4.59.